The van der Waals surface area contributed by atoms with Gasteiger partial charge in [0.2, 0.25) is 5.91 Å². The second kappa shape index (κ2) is 8.93. The molecule has 0 spiro atoms. The summed E-state index contributed by atoms with van der Waals surface area (Å²) in [5.74, 6) is 1.47. The standard InChI is InChI=1S/C23H22N4O5/c1-4-31-18-11-7-16(8-12-18)24-19(28)13-27-23(29)22-20(14(2)32-26-22)21(25-27)15-5-9-17(30-3)10-6-15/h5-12H,4,13H2,1-3H3,(H,24,28). The molecule has 9 nitrogen and oxygen atoms in total. The number of anilines is 1. The summed E-state index contributed by atoms with van der Waals surface area (Å²) in [6, 6.07) is 14.2. The fraction of sp³-hybridized carbons (Fsp3) is 0.217. The van der Waals surface area contributed by atoms with Gasteiger partial charge in [-0.3, -0.25) is 9.59 Å². The Bertz CT molecular complexity index is 1310. The quantitative estimate of drug-likeness (QED) is 0.475. The van der Waals surface area contributed by atoms with Crippen LogP contribution in [0.1, 0.15) is 12.7 Å². The van der Waals surface area contributed by atoms with Gasteiger partial charge in [-0.05, 0) is 62.4 Å². The Labute approximate surface area is 183 Å². The lowest BCUT2D eigenvalue weighted by atomic mass is 10.1. The van der Waals surface area contributed by atoms with E-state index in [2.05, 4.69) is 15.6 Å². The number of nitrogens with zero attached hydrogens (tertiary/aromatic N) is 3. The Kier molecular flexibility index (Phi) is 5.89. The van der Waals surface area contributed by atoms with Crippen molar-refractivity contribution in [2.45, 2.75) is 20.4 Å². The predicted molar refractivity (Wildman–Crippen MR) is 119 cm³/mol. The van der Waals surface area contributed by atoms with Gasteiger partial charge in [0.1, 0.15) is 29.5 Å². The molecule has 0 bridgehead atoms. The molecule has 0 aliphatic carbocycles. The maximum absolute atomic E-state index is 12.9. The van der Waals surface area contributed by atoms with Gasteiger partial charge in [0.05, 0.1) is 19.1 Å². The highest BCUT2D eigenvalue weighted by atomic mass is 16.5. The van der Waals surface area contributed by atoms with Crippen molar-refractivity contribution in [2.24, 2.45) is 0 Å². The summed E-state index contributed by atoms with van der Waals surface area (Å²) in [5.41, 5.74) is 1.44. The third-order valence-electron chi connectivity index (χ3n) is 4.86. The molecule has 1 N–H and O–H groups in total. The molecule has 1 amide bonds. The van der Waals surface area contributed by atoms with Crippen LogP contribution in [0.3, 0.4) is 0 Å². The zero-order chi connectivity index (χ0) is 22.7. The van der Waals surface area contributed by atoms with Gasteiger partial charge >= 0.3 is 0 Å². The molecule has 0 atom stereocenters. The molecule has 0 saturated heterocycles. The van der Waals surface area contributed by atoms with Gasteiger partial charge in [-0.2, -0.15) is 5.10 Å². The van der Waals surface area contributed by atoms with E-state index in [0.717, 1.165) is 10.2 Å². The first kappa shape index (κ1) is 21.1. The van der Waals surface area contributed by atoms with E-state index in [1.54, 1.807) is 50.4 Å². The molecule has 2 aromatic heterocycles. The number of hydrogen-bond acceptors (Lipinski definition) is 7. The van der Waals surface area contributed by atoms with Crippen LogP contribution in [0.5, 0.6) is 11.5 Å². The number of methoxy groups -OCH3 is 1. The van der Waals surface area contributed by atoms with E-state index in [9.17, 15) is 9.59 Å². The Hall–Kier alpha value is -4.14. The molecular weight excluding hydrogens is 412 g/mol. The summed E-state index contributed by atoms with van der Waals surface area (Å²) in [7, 11) is 1.58. The molecule has 0 fully saturated rings. The summed E-state index contributed by atoms with van der Waals surface area (Å²) in [5, 5.41) is 11.6. The van der Waals surface area contributed by atoms with Crippen LogP contribution in [0, 0.1) is 6.92 Å². The van der Waals surface area contributed by atoms with Gasteiger partial charge < -0.3 is 19.3 Å². The van der Waals surface area contributed by atoms with Crippen LogP contribution in [-0.4, -0.2) is 34.6 Å². The van der Waals surface area contributed by atoms with Gasteiger partial charge in [-0.1, -0.05) is 5.16 Å². The van der Waals surface area contributed by atoms with E-state index >= 15 is 0 Å². The molecule has 164 valence electrons. The van der Waals surface area contributed by atoms with E-state index in [1.807, 2.05) is 19.1 Å². The topological polar surface area (TPSA) is 108 Å². The smallest absolute Gasteiger partial charge is 0.297 e. The molecule has 4 aromatic rings. The minimum absolute atomic E-state index is 0.122. The Morgan fingerprint density at radius 2 is 1.78 bits per heavy atom. The third-order valence-corrected chi connectivity index (χ3v) is 4.86. The minimum Gasteiger partial charge on any atom is -0.497 e. The molecule has 4 rings (SSSR count). The summed E-state index contributed by atoms with van der Waals surface area (Å²) in [4.78, 5) is 25.5. The first-order chi connectivity index (χ1) is 15.5. The zero-order valence-corrected chi connectivity index (χ0v) is 17.9. The lowest BCUT2D eigenvalue weighted by Gasteiger charge is -2.10. The van der Waals surface area contributed by atoms with Crippen molar-refractivity contribution in [2.75, 3.05) is 19.0 Å². The van der Waals surface area contributed by atoms with Gasteiger partial charge in [-0.15, -0.1) is 0 Å². The SMILES string of the molecule is CCOc1ccc(NC(=O)Cn2nc(-c3ccc(OC)cc3)c3c(C)onc3c2=O)cc1. The van der Waals surface area contributed by atoms with E-state index in [0.29, 0.717) is 40.6 Å². The fourth-order valence-electron chi connectivity index (χ4n) is 3.33. The number of nitrogens with one attached hydrogen (secondary N) is 1. The summed E-state index contributed by atoms with van der Waals surface area (Å²) >= 11 is 0. The van der Waals surface area contributed by atoms with Crippen molar-refractivity contribution in [1.29, 1.82) is 0 Å². The highest BCUT2D eigenvalue weighted by Crippen LogP contribution is 2.28. The van der Waals surface area contributed by atoms with Crippen molar-refractivity contribution >= 4 is 22.5 Å². The maximum atomic E-state index is 12.9. The second-order valence-corrected chi connectivity index (χ2v) is 7.01. The van der Waals surface area contributed by atoms with E-state index in [4.69, 9.17) is 14.0 Å². The van der Waals surface area contributed by atoms with Crippen molar-refractivity contribution < 1.29 is 18.8 Å². The third kappa shape index (κ3) is 4.18. The molecular formula is C23H22N4O5. The van der Waals surface area contributed by atoms with Crippen molar-refractivity contribution in [3.8, 4) is 22.8 Å². The Morgan fingerprint density at radius 3 is 2.44 bits per heavy atom. The first-order valence-corrected chi connectivity index (χ1v) is 10.0. The number of aromatic nitrogens is 3. The van der Waals surface area contributed by atoms with Gasteiger partial charge in [0.15, 0.2) is 5.52 Å². The molecule has 0 aliphatic heterocycles. The lowest BCUT2D eigenvalue weighted by molar-refractivity contribution is -0.117. The number of aryl methyl sites for hydroxylation is 1. The van der Waals surface area contributed by atoms with Crippen LogP contribution >= 0.6 is 0 Å². The number of fused-ring (bicyclic) bond motifs is 1. The van der Waals surface area contributed by atoms with Crippen molar-refractivity contribution in [3.05, 3.63) is 64.6 Å². The molecule has 0 aliphatic rings. The number of amides is 1. The van der Waals surface area contributed by atoms with Gasteiger partial charge in [0, 0.05) is 11.3 Å². The van der Waals surface area contributed by atoms with Crippen LogP contribution in [0.4, 0.5) is 5.69 Å². The van der Waals surface area contributed by atoms with E-state index in [1.165, 1.54) is 0 Å². The molecule has 0 radical (unpaired) electrons. The van der Waals surface area contributed by atoms with Crippen molar-refractivity contribution in [3.63, 3.8) is 0 Å². The maximum Gasteiger partial charge on any atom is 0.297 e. The van der Waals surface area contributed by atoms with Gasteiger partial charge in [0.25, 0.3) is 5.56 Å². The summed E-state index contributed by atoms with van der Waals surface area (Å²) in [6.45, 7) is 3.89. The summed E-state index contributed by atoms with van der Waals surface area (Å²) in [6.07, 6.45) is 0. The average Bonchev–Trinajstić information content (AvgIpc) is 3.19. The van der Waals surface area contributed by atoms with Crippen LogP contribution < -0.4 is 20.3 Å². The highest BCUT2D eigenvalue weighted by Gasteiger charge is 2.20. The highest BCUT2D eigenvalue weighted by molar-refractivity contribution is 5.94. The molecule has 0 saturated carbocycles. The number of hydrogen-bond donors (Lipinski definition) is 1. The van der Waals surface area contributed by atoms with Crippen LogP contribution in [0.15, 0.2) is 57.8 Å². The summed E-state index contributed by atoms with van der Waals surface area (Å²) < 4.78 is 16.9. The number of benzene rings is 2. The zero-order valence-electron chi connectivity index (χ0n) is 17.9. The van der Waals surface area contributed by atoms with Crippen molar-refractivity contribution in [1.82, 2.24) is 14.9 Å². The monoisotopic (exact) mass is 434 g/mol. The number of ether oxygens (including phenoxy) is 2. The fourth-order valence-corrected chi connectivity index (χ4v) is 3.33. The molecule has 2 aromatic carbocycles. The lowest BCUT2D eigenvalue weighted by Crippen LogP contribution is -2.30. The Morgan fingerprint density at radius 1 is 1.09 bits per heavy atom. The van der Waals surface area contributed by atoms with Crippen LogP contribution in [-0.2, 0) is 11.3 Å². The van der Waals surface area contributed by atoms with Gasteiger partial charge in [-0.25, -0.2) is 4.68 Å². The molecule has 9 heteroatoms. The predicted octanol–water partition coefficient (Wildman–Crippen LogP) is 3.41. The van der Waals surface area contributed by atoms with Crippen LogP contribution in [0.2, 0.25) is 0 Å². The van der Waals surface area contributed by atoms with Crippen LogP contribution in [0.25, 0.3) is 22.2 Å². The molecule has 32 heavy (non-hydrogen) atoms. The largest absolute Gasteiger partial charge is 0.497 e. The first-order valence-electron chi connectivity index (χ1n) is 10.0. The normalized spacial score (nSPS) is 10.8. The molecule has 2 heterocycles. The minimum atomic E-state index is -0.504. The number of rotatable bonds is 7. The second-order valence-electron chi connectivity index (χ2n) is 7.01. The molecule has 0 unspecified atom stereocenters. The van der Waals surface area contributed by atoms with E-state index in [-0.39, 0.29) is 12.1 Å². The van der Waals surface area contributed by atoms with E-state index < -0.39 is 11.5 Å². The Balaban J connectivity index is 1.65. The number of carbonyl (C=O) groups is 1. The average molecular weight is 434 g/mol. The number of carbonyl (C=O) groups excluding carboxylic acids is 1.